The van der Waals surface area contributed by atoms with E-state index in [-0.39, 0.29) is 18.7 Å². The molecule has 0 aromatic heterocycles. The Bertz CT molecular complexity index is 382. The first-order chi connectivity index (χ1) is 8.99. The zero-order valence-electron chi connectivity index (χ0n) is 10.8. The minimum atomic E-state index is -4.36. The summed E-state index contributed by atoms with van der Waals surface area (Å²) in [5.41, 5.74) is -0.421. The molecule has 0 radical (unpaired) electrons. The number of nitrogens with zero attached hydrogens (tertiary/aromatic N) is 1. The minimum absolute atomic E-state index is 0.0993. The zero-order valence-corrected chi connectivity index (χ0v) is 10.8. The van der Waals surface area contributed by atoms with E-state index in [1.807, 2.05) is 0 Å². The molecular formula is C13H18F3NO2. The third kappa shape index (κ3) is 5.18. The van der Waals surface area contributed by atoms with Crippen molar-refractivity contribution < 1.29 is 23.0 Å². The highest BCUT2D eigenvalue weighted by molar-refractivity contribution is 5.29. The lowest BCUT2D eigenvalue weighted by atomic mass is 10.1. The van der Waals surface area contributed by atoms with Crippen LogP contribution < -0.4 is 0 Å². The summed E-state index contributed by atoms with van der Waals surface area (Å²) in [5.74, 6) is 0. The Morgan fingerprint density at radius 2 is 1.89 bits per heavy atom. The van der Waals surface area contributed by atoms with Gasteiger partial charge in [0.05, 0.1) is 18.8 Å². The molecule has 108 valence electrons. The van der Waals surface area contributed by atoms with Gasteiger partial charge in [-0.2, -0.15) is 13.2 Å². The standard InChI is InChI=1S/C13H18F3NO2/c1-19-9-7-17(6-8-18)10-11-4-2-3-5-12(11)13(14,15)16/h2-5,18H,6-10H2,1H3. The lowest BCUT2D eigenvalue weighted by Gasteiger charge is -2.23. The Balaban J connectivity index is 2.83. The molecule has 0 saturated carbocycles. The fourth-order valence-corrected chi connectivity index (χ4v) is 1.81. The van der Waals surface area contributed by atoms with Crippen molar-refractivity contribution in [3.05, 3.63) is 35.4 Å². The normalized spacial score (nSPS) is 12.1. The van der Waals surface area contributed by atoms with Crippen LogP contribution in [0.5, 0.6) is 0 Å². The molecule has 1 aromatic rings. The number of hydrogen-bond acceptors (Lipinski definition) is 3. The second-order valence-electron chi connectivity index (χ2n) is 4.15. The number of rotatable bonds is 7. The molecular weight excluding hydrogens is 259 g/mol. The van der Waals surface area contributed by atoms with E-state index in [0.717, 1.165) is 6.07 Å². The molecule has 0 bridgehead atoms. The molecule has 1 aromatic carbocycles. The van der Waals surface area contributed by atoms with Gasteiger partial charge in [0.2, 0.25) is 0 Å². The summed E-state index contributed by atoms with van der Waals surface area (Å²) < 4.78 is 43.4. The number of aliphatic hydroxyl groups is 1. The summed E-state index contributed by atoms with van der Waals surface area (Å²) in [6, 6.07) is 5.48. The quantitative estimate of drug-likeness (QED) is 0.829. The molecule has 0 aliphatic rings. The number of aliphatic hydroxyl groups excluding tert-OH is 1. The van der Waals surface area contributed by atoms with Crippen molar-refractivity contribution in [3.63, 3.8) is 0 Å². The van der Waals surface area contributed by atoms with Gasteiger partial charge in [0.15, 0.2) is 0 Å². The van der Waals surface area contributed by atoms with Crippen molar-refractivity contribution in [2.75, 3.05) is 33.4 Å². The van der Waals surface area contributed by atoms with E-state index in [4.69, 9.17) is 9.84 Å². The molecule has 0 amide bonds. The maximum Gasteiger partial charge on any atom is 0.416 e. The number of alkyl halides is 3. The number of ether oxygens (including phenoxy) is 1. The lowest BCUT2D eigenvalue weighted by Crippen LogP contribution is -2.30. The summed E-state index contributed by atoms with van der Waals surface area (Å²) in [7, 11) is 1.53. The van der Waals surface area contributed by atoms with Crippen molar-refractivity contribution in [2.45, 2.75) is 12.7 Å². The van der Waals surface area contributed by atoms with Crippen LogP contribution in [0.15, 0.2) is 24.3 Å². The Kier molecular flexibility index (Phi) is 6.27. The molecule has 0 aliphatic heterocycles. The Labute approximate surface area is 110 Å². The molecule has 3 nitrogen and oxygen atoms in total. The molecule has 0 saturated heterocycles. The molecule has 0 heterocycles. The summed E-state index contributed by atoms with van der Waals surface area (Å²) in [6.07, 6.45) is -4.36. The summed E-state index contributed by atoms with van der Waals surface area (Å²) in [6.45, 7) is 1.24. The first-order valence-corrected chi connectivity index (χ1v) is 5.96. The monoisotopic (exact) mass is 277 g/mol. The van der Waals surface area contributed by atoms with Gasteiger partial charge in [-0.25, -0.2) is 0 Å². The van der Waals surface area contributed by atoms with Crippen molar-refractivity contribution in [1.29, 1.82) is 0 Å². The highest BCUT2D eigenvalue weighted by atomic mass is 19.4. The number of halogens is 3. The van der Waals surface area contributed by atoms with E-state index in [1.165, 1.54) is 19.2 Å². The van der Waals surface area contributed by atoms with Crippen LogP contribution >= 0.6 is 0 Å². The highest BCUT2D eigenvalue weighted by Gasteiger charge is 2.33. The number of hydrogen-bond donors (Lipinski definition) is 1. The third-order valence-electron chi connectivity index (χ3n) is 2.74. The van der Waals surface area contributed by atoms with Crippen molar-refractivity contribution in [2.24, 2.45) is 0 Å². The third-order valence-corrected chi connectivity index (χ3v) is 2.74. The molecule has 0 unspecified atom stereocenters. The smallest absolute Gasteiger partial charge is 0.395 e. The Hall–Kier alpha value is -1.11. The Morgan fingerprint density at radius 3 is 2.47 bits per heavy atom. The van der Waals surface area contributed by atoms with Gasteiger partial charge < -0.3 is 9.84 Å². The minimum Gasteiger partial charge on any atom is -0.395 e. The van der Waals surface area contributed by atoms with E-state index in [0.29, 0.717) is 19.7 Å². The van der Waals surface area contributed by atoms with Crippen LogP contribution in [0.1, 0.15) is 11.1 Å². The maximum atomic E-state index is 12.8. The molecule has 0 aliphatic carbocycles. The van der Waals surface area contributed by atoms with E-state index >= 15 is 0 Å². The first-order valence-electron chi connectivity index (χ1n) is 5.96. The predicted molar refractivity (Wildman–Crippen MR) is 65.7 cm³/mol. The molecule has 0 spiro atoms. The van der Waals surface area contributed by atoms with Crippen LogP contribution in [0.25, 0.3) is 0 Å². The van der Waals surface area contributed by atoms with Crippen LogP contribution in [-0.2, 0) is 17.5 Å². The molecule has 0 fully saturated rings. The maximum absolute atomic E-state index is 12.8. The van der Waals surface area contributed by atoms with Gasteiger partial charge in [0.1, 0.15) is 0 Å². The van der Waals surface area contributed by atoms with Gasteiger partial charge >= 0.3 is 6.18 Å². The van der Waals surface area contributed by atoms with Crippen LogP contribution in [0.3, 0.4) is 0 Å². The van der Waals surface area contributed by atoms with Crippen LogP contribution in [0.2, 0.25) is 0 Å². The Morgan fingerprint density at radius 1 is 1.21 bits per heavy atom. The van der Waals surface area contributed by atoms with E-state index < -0.39 is 11.7 Å². The average Bonchev–Trinajstić information content (AvgIpc) is 2.35. The average molecular weight is 277 g/mol. The second kappa shape index (κ2) is 7.47. The van der Waals surface area contributed by atoms with Crippen molar-refractivity contribution in [1.82, 2.24) is 4.90 Å². The predicted octanol–water partition coefficient (Wildman–Crippen LogP) is 2.15. The van der Waals surface area contributed by atoms with E-state index in [1.54, 1.807) is 11.0 Å². The fraction of sp³-hybridized carbons (Fsp3) is 0.538. The molecule has 1 N–H and O–H groups in total. The van der Waals surface area contributed by atoms with Gasteiger partial charge in [0, 0.05) is 26.7 Å². The molecule has 1 rings (SSSR count). The van der Waals surface area contributed by atoms with Gasteiger partial charge in [-0.05, 0) is 11.6 Å². The number of benzene rings is 1. The molecule has 19 heavy (non-hydrogen) atoms. The van der Waals surface area contributed by atoms with Gasteiger partial charge in [-0.1, -0.05) is 18.2 Å². The first kappa shape index (κ1) is 15.9. The largest absolute Gasteiger partial charge is 0.416 e. The zero-order chi connectivity index (χ0) is 14.3. The summed E-state index contributed by atoms with van der Waals surface area (Å²) in [4.78, 5) is 1.73. The van der Waals surface area contributed by atoms with Gasteiger partial charge in [-0.15, -0.1) is 0 Å². The van der Waals surface area contributed by atoms with Crippen LogP contribution in [-0.4, -0.2) is 43.4 Å². The molecule has 0 atom stereocenters. The van der Waals surface area contributed by atoms with Crippen LogP contribution in [0, 0.1) is 0 Å². The molecule has 6 heteroatoms. The SMILES string of the molecule is COCCN(CCO)Cc1ccccc1C(F)(F)F. The highest BCUT2D eigenvalue weighted by Crippen LogP contribution is 2.32. The van der Waals surface area contributed by atoms with Crippen molar-refractivity contribution in [3.8, 4) is 0 Å². The topological polar surface area (TPSA) is 32.7 Å². The second-order valence-corrected chi connectivity index (χ2v) is 4.15. The van der Waals surface area contributed by atoms with Crippen molar-refractivity contribution >= 4 is 0 Å². The number of methoxy groups -OCH3 is 1. The summed E-state index contributed by atoms with van der Waals surface area (Å²) >= 11 is 0. The van der Waals surface area contributed by atoms with E-state index in [2.05, 4.69) is 0 Å². The van der Waals surface area contributed by atoms with Gasteiger partial charge in [0.25, 0.3) is 0 Å². The van der Waals surface area contributed by atoms with Crippen LogP contribution in [0.4, 0.5) is 13.2 Å². The fourth-order valence-electron chi connectivity index (χ4n) is 1.81. The lowest BCUT2D eigenvalue weighted by molar-refractivity contribution is -0.138. The van der Waals surface area contributed by atoms with Gasteiger partial charge in [-0.3, -0.25) is 4.90 Å². The van der Waals surface area contributed by atoms with E-state index in [9.17, 15) is 13.2 Å². The summed E-state index contributed by atoms with van der Waals surface area (Å²) in [5, 5.41) is 8.94.